The summed E-state index contributed by atoms with van der Waals surface area (Å²) in [5.74, 6) is 0.673. The predicted molar refractivity (Wildman–Crippen MR) is 44.2 cm³/mol. The molecule has 3 rings (SSSR count). The van der Waals surface area contributed by atoms with E-state index in [-0.39, 0.29) is 11.3 Å². The maximum atomic E-state index is 11.4. The third kappa shape index (κ3) is 0.943. The van der Waals surface area contributed by atoms with E-state index >= 15 is 0 Å². The average molecular weight is 150 g/mol. The second-order valence-corrected chi connectivity index (χ2v) is 4.38. The van der Waals surface area contributed by atoms with Gasteiger partial charge in [-0.15, -0.1) is 0 Å². The highest BCUT2D eigenvalue weighted by Crippen LogP contribution is 2.49. The van der Waals surface area contributed by atoms with E-state index in [0.29, 0.717) is 5.78 Å². The Labute approximate surface area is 67.5 Å². The molecule has 0 N–H and O–H groups in total. The van der Waals surface area contributed by atoms with Crippen LogP contribution in [-0.4, -0.2) is 5.78 Å². The quantitative estimate of drug-likeness (QED) is 0.484. The smallest absolute Gasteiger partial charge is 0.140 e. The number of ketones is 1. The van der Waals surface area contributed by atoms with Crippen LogP contribution in [0.2, 0.25) is 0 Å². The van der Waals surface area contributed by atoms with Gasteiger partial charge in [-0.2, -0.15) is 0 Å². The van der Waals surface area contributed by atoms with Crippen LogP contribution >= 0.6 is 0 Å². The molecule has 60 valence electrons. The zero-order chi connectivity index (χ0) is 8.06. The van der Waals surface area contributed by atoms with Gasteiger partial charge in [-0.3, -0.25) is 4.79 Å². The zero-order valence-electron chi connectivity index (χ0n) is 7.02. The van der Waals surface area contributed by atoms with E-state index in [0.717, 1.165) is 19.3 Å². The summed E-state index contributed by atoms with van der Waals surface area (Å²) in [6, 6.07) is 0. The number of Topliss-reactive ketones (excluding diaryl/α,β-unsaturated/α-hetero) is 1. The first-order valence-corrected chi connectivity index (χ1v) is 4.31. The summed E-state index contributed by atoms with van der Waals surface area (Å²) < 4.78 is 0. The fourth-order valence-electron chi connectivity index (χ4n) is 2.54. The Balaban J connectivity index is 2.33. The summed E-state index contributed by atoms with van der Waals surface area (Å²) in [4.78, 5) is 11.4. The molecule has 0 aromatic carbocycles. The van der Waals surface area contributed by atoms with Crippen LogP contribution < -0.4 is 0 Å². The van der Waals surface area contributed by atoms with Crippen LogP contribution in [0.4, 0.5) is 0 Å². The van der Waals surface area contributed by atoms with Gasteiger partial charge in [0.1, 0.15) is 5.78 Å². The number of rotatable bonds is 0. The largest absolute Gasteiger partial charge is 0.299 e. The van der Waals surface area contributed by atoms with Crippen molar-refractivity contribution in [2.45, 2.75) is 32.6 Å². The van der Waals surface area contributed by atoms with Crippen molar-refractivity contribution in [3.8, 4) is 0 Å². The molecule has 0 amide bonds. The molecule has 0 radical (unpaired) electrons. The number of hydrogen-bond acceptors (Lipinski definition) is 1. The Morgan fingerprint density at radius 3 is 2.73 bits per heavy atom. The van der Waals surface area contributed by atoms with Crippen molar-refractivity contribution in [2.75, 3.05) is 0 Å². The van der Waals surface area contributed by atoms with Gasteiger partial charge in [0.15, 0.2) is 0 Å². The fraction of sp³-hybridized carbons (Fsp3) is 0.700. The molecule has 1 heteroatoms. The molecule has 0 aromatic heterocycles. The minimum absolute atomic E-state index is 0.233. The van der Waals surface area contributed by atoms with Crippen molar-refractivity contribution in [1.29, 1.82) is 0 Å². The molecule has 0 heterocycles. The second kappa shape index (κ2) is 1.96. The fourth-order valence-corrected chi connectivity index (χ4v) is 2.54. The Morgan fingerprint density at radius 1 is 1.55 bits per heavy atom. The van der Waals surface area contributed by atoms with Crippen molar-refractivity contribution < 1.29 is 4.79 Å². The van der Waals surface area contributed by atoms with Gasteiger partial charge in [0.2, 0.25) is 0 Å². The summed E-state index contributed by atoms with van der Waals surface area (Å²) in [6.45, 7) is 6.19. The zero-order valence-corrected chi connectivity index (χ0v) is 7.02. The Morgan fingerprint density at radius 2 is 2.27 bits per heavy atom. The van der Waals surface area contributed by atoms with Gasteiger partial charge in [0.05, 0.1) is 0 Å². The standard InChI is InChI=1S/C10H14O/c1-7-5-10(2)4-3-8(7)9(11)6-10/h8H,1,3-6H2,2H3/t8-,10+/m1/s1. The van der Waals surface area contributed by atoms with Gasteiger partial charge in [0.25, 0.3) is 0 Å². The summed E-state index contributed by atoms with van der Waals surface area (Å²) in [7, 11) is 0. The molecule has 0 aromatic rings. The molecule has 2 atom stereocenters. The molecule has 3 aliphatic rings. The normalized spacial score (nSPS) is 43.2. The molecule has 3 aliphatic carbocycles. The van der Waals surface area contributed by atoms with Gasteiger partial charge < -0.3 is 0 Å². The molecule has 2 bridgehead atoms. The number of fused-ring (bicyclic) bond motifs is 3. The summed E-state index contributed by atoms with van der Waals surface area (Å²) >= 11 is 0. The Hall–Kier alpha value is -0.590. The average Bonchev–Trinajstić information content (AvgIpc) is 1.83. The third-order valence-corrected chi connectivity index (χ3v) is 3.17. The van der Waals surface area contributed by atoms with Crippen LogP contribution in [0.5, 0.6) is 0 Å². The summed E-state index contributed by atoms with van der Waals surface area (Å²) in [6.07, 6.45) is 4.18. The molecule has 1 nitrogen and oxygen atoms in total. The van der Waals surface area contributed by atoms with Crippen molar-refractivity contribution >= 4 is 5.78 Å². The maximum absolute atomic E-state index is 11.4. The third-order valence-electron chi connectivity index (χ3n) is 3.17. The van der Waals surface area contributed by atoms with E-state index in [1.165, 1.54) is 12.0 Å². The summed E-state index contributed by atoms with van der Waals surface area (Å²) in [5, 5.41) is 0. The van der Waals surface area contributed by atoms with Crippen LogP contribution in [0.15, 0.2) is 12.2 Å². The van der Waals surface area contributed by atoms with Crippen molar-refractivity contribution in [3.63, 3.8) is 0 Å². The van der Waals surface area contributed by atoms with E-state index in [9.17, 15) is 4.79 Å². The molecule has 3 saturated carbocycles. The number of hydrogen-bond donors (Lipinski definition) is 0. The predicted octanol–water partition coefficient (Wildman–Crippen LogP) is 2.32. The highest BCUT2D eigenvalue weighted by molar-refractivity contribution is 5.86. The van der Waals surface area contributed by atoms with Crippen molar-refractivity contribution in [1.82, 2.24) is 0 Å². The lowest BCUT2D eigenvalue weighted by atomic mass is 9.59. The van der Waals surface area contributed by atoms with E-state index < -0.39 is 0 Å². The molecule has 0 spiro atoms. The lowest BCUT2D eigenvalue weighted by Gasteiger charge is -2.44. The number of carbonyl (C=O) groups is 1. The molecule has 3 fully saturated rings. The SMILES string of the molecule is C=C1C[C@]2(C)CC[C@H]1C(=O)C2. The first-order chi connectivity index (χ1) is 5.11. The monoisotopic (exact) mass is 150 g/mol. The molecule has 0 saturated heterocycles. The summed E-state index contributed by atoms with van der Waals surface area (Å²) in [5.41, 5.74) is 1.47. The Bertz CT molecular complexity index is 209. The molecule has 0 aliphatic heterocycles. The minimum Gasteiger partial charge on any atom is -0.299 e. The highest BCUT2D eigenvalue weighted by Gasteiger charge is 2.43. The van der Waals surface area contributed by atoms with Gasteiger partial charge in [-0.05, 0) is 24.7 Å². The van der Waals surface area contributed by atoms with E-state index in [2.05, 4.69) is 13.5 Å². The first-order valence-electron chi connectivity index (χ1n) is 4.31. The molecular formula is C10H14O. The molecule has 11 heavy (non-hydrogen) atoms. The van der Waals surface area contributed by atoms with Crippen molar-refractivity contribution in [3.05, 3.63) is 12.2 Å². The van der Waals surface area contributed by atoms with Crippen molar-refractivity contribution in [2.24, 2.45) is 11.3 Å². The second-order valence-electron chi connectivity index (χ2n) is 4.38. The maximum Gasteiger partial charge on any atom is 0.140 e. The van der Waals surface area contributed by atoms with Crippen LogP contribution in [-0.2, 0) is 4.79 Å². The molecular weight excluding hydrogens is 136 g/mol. The number of carbonyl (C=O) groups excluding carboxylic acids is 1. The lowest BCUT2D eigenvalue weighted by molar-refractivity contribution is -0.129. The highest BCUT2D eigenvalue weighted by atomic mass is 16.1. The van der Waals surface area contributed by atoms with Gasteiger partial charge in [-0.25, -0.2) is 0 Å². The molecule has 0 unspecified atom stereocenters. The van der Waals surface area contributed by atoms with E-state index in [1.54, 1.807) is 0 Å². The lowest BCUT2D eigenvalue weighted by Crippen LogP contribution is -2.39. The van der Waals surface area contributed by atoms with Gasteiger partial charge >= 0.3 is 0 Å². The van der Waals surface area contributed by atoms with Crippen LogP contribution in [0, 0.1) is 11.3 Å². The Kier molecular flexibility index (Phi) is 1.26. The number of allylic oxidation sites excluding steroid dienone is 1. The van der Waals surface area contributed by atoms with E-state index in [1.807, 2.05) is 0 Å². The van der Waals surface area contributed by atoms with Crippen LogP contribution in [0.1, 0.15) is 32.6 Å². The van der Waals surface area contributed by atoms with Crippen LogP contribution in [0.25, 0.3) is 0 Å². The minimum atomic E-state index is 0.233. The van der Waals surface area contributed by atoms with E-state index in [4.69, 9.17) is 0 Å². The topological polar surface area (TPSA) is 17.1 Å². The first kappa shape index (κ1) is 7.08. The van der Waals surface area contributed by atoms with Gasteiger partial charge in [0, 0.05) is 12.3 Å². The van der Waals surface area contributed by atoms with Crippen LogP contribution in [0.3, 0.4) is 0 Å². The van der Waals surface area contributed by atoms with Gasteiger partial charge in [-0.1, -0.05) is 19.1 Å².